The molecule has 106 valence electrons. The average Bonchev–Trinajstić information content (AvgIpc) is 2.46. The Balaban J connectivity index is 2.32. The second-order valence-corrected chi connectivity index (χ2v) is 5.96. The number of halogens is 1. The van der Waals surface area contributed by atoms with Crippen molar-refractivity contribution in [3.63, 3.8) is 0 Å². The molecule has 4 heteroatoms. The van der Waals surface area contributed by atoms with Crippen molar-refractivity contribution in [2.75, 3.05) is 25.1 Å². The Kier molecular flexibility index (Phi) is 5.11. The van der Waals surface area contributed by atoms with Gasteiger partial charge in [-0.15, -0.1) is 0 Å². The molecule has 0 spiro atoms. The number of ether oxygens (including phenoxy) is 1. The molecule has 0 amide bonds. The van der Waals surface area contributed by atoms with Gasteiger partial charge in [-0.25, -0.2) is 0 Å². The fraction of sp³-hybridized carbons (Fsp3) is 0.600. The molecule has 1 fully saturated rings. The minimum Gasteiger partial charge on any atom is -0.495 e. The first-order valence-corrected chi connectivity index (χ1v) is 7.82. The van der Waals surface area contributed by atoms with Crippen molar-refractivity contribution < 1.29 is 4.74 Å². The van der Waals surface area contributed by atoms with Crippen molar-refractivity contribution >= 4 is 21.6 Å². The number of benzene rings is 1. The minimum atomic E-state index is 0.533. The van der Waals surface area contributed by atoms with Crippen LogP contribution in [-0.4, -0.2) is 32.3 Å². The molecule has 0 bridgehead atoms. The van der Waals surface area contributed by atoms with E-state index in [-0.39, 0.29) is 0 Å². The van der Waals surface area contributed by atoms with Gasteiger partial charge in [0.2, 0.25) is 0 Å². The van der Waals surface area contributed by atoms with Gasteiger partial charge in [0.1, 0.15) is 5.75 Å². The Hall–Kier alpha value is -0.740. The van der Waals surface area contributed by atoms with E-state index in [1.807, 2.05) is 12.1 Å². The molecule has 1 aromatic carbocycles. The SMILES string of the molecule is CCC1CN(c2cc(Br)ccc2OC)C(CC)CN1. The molecule has 1 aliphatic heterocycles. The molecule has 2 unspecified atom stereocenters. The predicted molar refractivity (Wildman–Crippen MR) is 84.2 cm³/mol. The van der Waals surface area contributed by atoms with Crippen molar-refractivity contribution in [1.29, 1.82) is 0 Å². The van der Waals surface area contributed by atoms with Crippen LogP contribution in [0, 0.1) is 0 Å². The lowest BCUT2D eigenvalue weighted by atomic mass is 10.0. The van der Waals surface area contributed by atoms with E-state index >= 15 is 0 Å². The quantitative estimate of drug-likeness (QED) is 0.917. The Bertz CT molecular complexity index is 425. The third-order valence-electron chi connectivity index (χ3n) is 3.91. The maximum atomic E-state index is 5.53. The number of nitrogens with one attached hydrogen (secondary N) is 1. The highest BCUT2D eigenvalue weighted by Crippen LogP contribution is 2.34. The van der Waals surface area contributed by atoms with E-state index in [0.29, 0.717) is 12.1 Å². The lowest BCUT2D eigenvalue weighted by Gasteiger charge is -2.42. The number of piperazine rings is 1. The molecule has 3 nitrogen and oxygen atoms in total. The van der Waals surface area contributed by atoms with E-state index in [2.05, 4.69) is 46.1 Å². The van der Waals surface area contributed by atoms with E-state index in [0.717, 1.165) is 36.2 Å². The van der Waals surface area contributed by atoms with Gasteiger partial charge in [0.25, 0.3) is 0 Å². The first-order chi connectivity index (χ1) is 9.19. The van der Waals surface area contributed by atoms with Crippen LogP contribution in [0.15, 0.2) is 22.7 Å². The first kappa shape index (κ1) is 14.7. The standard InChI is InChI=1S/C15H23BrN2O/c1-4-12-10-18(13(5-2)9-17-12)14-8-11(16)6-7-15(14)19-3/h6-8,12-13,17H,4-5,9-10H2,1-3H3. The lowest BCUT2D eigenvalue weighted by molar-refractivity contribution is 0.369. The molecular weight excluding hydrogens is 304 g/mol. The maximum absolute atomic E-state index is 5.53. The van der Waals surface area contributed by atoms with Gasteiger partial charge in [0, 0.05) is 29.6 Å². The summed E-state index contributed by atoms with van der Waals surface area (Å²) in [5.74, 6) is 0.957. The van der Waals surface area contributed by atoms with Crippen LogP contribution in [0.4, 0.5) is 5.69 Å². The van der Waals surface area contributed by atoms with Gasteiger partial charge in [-0.3, -0.25) is 0 Å². The number of methoxy groups -OCH3 is 1. The molecule has 2 rings (SSSR count). The van der Waals surface area contributed by atoms with Gasteiger partial charge >= 0.3 is 0 Å². The van der Waals surface area contributed by atoms with Crippen molar-refractivity contribution in [2.24, 2.45) is 0 Å². The molecule has 1 saturated heterocycles. The number of anilines is 1. The zero-order chi connectivity index (χ0) is 13.8. The van der Waals surface area contributed by atoms with Crippen LogP contribution in [0.25, 0.3) is 0 Å². The van der Waals surface area contributed by atoms with Crippen molar-refractivity contribution in [3.05, 3.63) is 22.7 Å². The maximum Gasteiger partial charge on any atom is 0.142 e. The van der Waals surface area contributed by atoms with Crippen molar-refractivity contribution in [1.82, 2.24) is 5.32 Å². The average molecular weight is 327 g/mol. The predicted octanol–water partition coefficient (Wildman–Crippen LogP) is 3.42. The van der Waals surface area contributed by atoms with E-state index in [1.165, 1.54) is 5.69 Å². The molecule has 0 radical (unpaired) electrons. The van der Waals surface area contributed by atoms with Gasteiger partial charge in [0.15, 0.2) is 0 Å². The summed E-state index contributed by atoms with van der Waals surface area (Å²) < 4.78 is 6.63. The summed E-state index contributed by atoms with van der Waals surface area (Å²) in [4.78, 5) is 2.49. The molecule has 0 aliphatic carbocycles. The highest BCUT2D eigenvalue weighted by molar-refractivity contribution is 9.10. The van der Waals surface area contributed by atoms with Crippen molar-refractivity contribution in [2.45, 2.75) is 38.8 Å². The fourth-order valence-corrected chi connectivity index (χ4v) is 3.03. The summed E-state index contributed by atoms with van der Waals surface area (Å²) in [6.45, 7) is 6.57. The molecule has 19 heavy (non-hydrogen) atoms. The van der Waals surface area contributed by atoms with Crippen LogP contribution in [0.2, 0.25) is 0 Å². The monoisotopic (exact) mass is 326 g/mol. The highest BCUT2D eigenvalue weighted by Gasteiger charge is 2.27. The molecule has 0 aromatic heterocycles. The van der Waals surface area contributed by atoms with E-state index in [1.54, 1.807) is 7.11 Å². The first-order valence-electron chi connectivity index (χ1n) is 7.03. The van der Waals surface area contributed by atoms with Gasteiger partial charge in [-0.1, -0.05) is 29.8 Å². The van der Waals surface area contributed by atoms with Crippen LogP contribution in [0.3, 0.4) is 0 Å². The molecular formula is C15H23BrN2O. The summed E-state index contributed by atoms with van der Waals surface area (Å²) >= 11 is 3.57. The summed E-state index contributed by atoms with van der Waals surface area (Å²) in [5.41, 5.74) is 1.20. The Morgan fingerprint density at radius 3 is 2.79 bits per heavy atom. The van der Waals surface area contributed by atoms with E-state index < -0.39 is 0 Å². The van der Waals surface area contributed by atoms with Crippen LogP contribution < -0.4 is 15.0 Å². The molecule has 1 aliphatic rings. The number of hydrogen-bond donors (Lipinski definition) is 1. The Morgan fingerprint density at radius 1 is 1.37 bits per heavy atom. The second-order valence-electron chi connectivity index (χ2n) is 5.04. The summed E-state index contributed by atoms with van der Waals surface area (Å²) in [6, 6.07) is 7.33. The Labute approximate surface area is 124 Å². The highest BCUT2D eigenvalue weighted by atomic mass is 79.9. The second kappa shape index (κ2) is 6.62. The zero-order valence-electron chi connectivity index (χ0n) is 11.9. The zero-order valence-corrected chi connectivity index (χ0v) is 13.5. The summed E-state index contributed by atoms with van der Waals surface area (Å²) in [6.07, 6.45) is 2.29. The normalized spacial score (nSPS) is 23.5. The van der Waals surface area contributed by atoms with Crippen LogP contribution in [-0.2, 0) is 0 Å². The molecule has 1 N–H and O–H groups in total. The molecule has 1 aromatic rings. The van der Waals surface area contributed by atoms with E-state index in [9.17, 15) is 0 Å². The fourth-order valence-electron chi connectivity index (χ4n) is 2.68. The third-order valence-corrected chi connectivity index (χ3v) is 4.41. The third kappa shape index (κ3) is 3.23. The number of rotatable bonds is 4. The van der Waals surface area contributed by atoms with Crippen LogP contribution in [0.1, 0.15) is 26.7 Å². The van der Waals surface area contributed by atoms with Crippen LogP contribution in [0.5, 0.6) is 5.75 Å². The smallest absolute Gasteiger partial charge is 0.142 e. The number of hydrogen-bond acceptors (Lipinski definition) is 3. The van der Waals surface area contributed by atoms with Gasteiger partial charge in [-0.2, -0.15) is 0 Å². The van der Waals surface area contributed by atoms with Crippen molar-refractivity contribution in [3.8, 4) is 5.75 Å². The summed E-state index contributed by atoms with van der Waals surface area (Å²) in [5, 5.41) is 3.63. The minimum absolute atomic E-state index is 0.533. The van der Waals surface area contributed by atoms with Crippen LogP contribution >= 0.6 is 15.9 Å². The van der Waals surface area contributed by atoms with Gasteiger partial charge in [-0.05, 0) is 31.0 Å². The molecule has 2 atom stereocenters. The molecule has 1 heterocycles. The lowest BCUT2D eigenvalue weighted by Crippen LogP contribution is -2.56. The topological polar surface area (TPSA) is 24.5 Å². The largest absolute Gasteiger partial charge is 0.495 e. The Morgan fingerprint density at radius 2 is 2.16 bits per heavy atom. The van der Waals surface area contributed by atoms with Gasteiger partial charge < -0.3 is 15.0 Å². The summed E-state index contributed by atoms with van der Waals surface area (Å²) in [7, 11) is 1.74. The number of nitrogens with zero attached hydrogens (tertiary/aromatic N) is 1. The van der Waals surface area contributed by atoms with E-state index in [4.69, 9.17) is 4.74 Å². The molecule has 0 saturated carbocycles. The van der Waals surface area contributed by atoms with Gasteiger partial charge in [0.05, 0.1) is 12.8 Å².